The fourth-order valence-corrected chi connectivity index (χ4v) is 3.89. The molecule has 0 bridgehead atoms. The van der Waals surface area contributed by atoms with Crippen molar-refractivity contribution in [2.45, 2.75) is 45.8 Å². The number of benzene rings is 1. The highest BCUT2D eigenvalue weighted by molar-refractivity contribution is 6.02. The van der Waals surface area contributed by atoms with Gasteiger partial charge in [0.15, 0.2) is 0 Å². The lowest BCUT2D eigenvalue weighted by molar-refractivity contribution is -0.130. The van der Waals surface area contributed by atoms with E-state index in [1.165, 1.54) is 4.57 Å². The second-order valence-electron chi connectivity index (χ2n) is 7.85. The molecular weight excluding hydrogens is 388 g/mol. The molecular formula is C21H24N4O5. The van der Waals surface area contributed by atoms with Gasteiger partial charge in [-0.05, 0) is 38.8 Å². The van der Waals surface area contributed by atoms with Crippen LogP contribution in [0.15, 0.2) is 38.3 Å². The molecule has 0 radical (unpaired) electrons. The van der Waals surface area contributed by atoms with Crippen molar-refractivity contribution in [3.8, 4) is 0 Å². The molecule has 0 saturated carbocycles. The van der Waals surface area contributed by atoms with Crippen LogP contribution >= 0.6 is 0 Å². The number of amides is 2. The lowest BCUT2D eigenvalue weighted by atomic mass is 10.2. The minimum atomic E-state index is -0.703. The third-order valence-electron chi connectivity index (χ3n) is 5.24. The number of rotatable bonds is 5. The lowest BCUT2D eigenvalue weighted by Gasteiger charge is -2.17. The molecule has 1 N–H and O–H groups in total. The Morgan fingerprint density at radius 1 is 1.07 bits per heavy atom. The van der Waals surface area contributed by atoms with E-state index in [-0.39, 0.29) is 29.6 Å². The number of aromatic nitrogens is 2. The van der Waals surface area contributed by atoms with E-state index in [0.717, 1.165) is 17.4 Å². The largest absolute Gasteiger partial charge is 0.449 e. The van der Waals surface area contributed by atoms with Gasteiger partial charge in [0.05, 0.1) is 0 Å². The molecule has 1 aromatic carbocycles. The topological polar surface area (TPSA) is 107 Å². The van der Waals surface area contributed by atoms with Crippen LogP contribution in [0.3, 0.4) is 0 Å². The van der Waals surface area contributed by atoms with Gasteiger partial charge < -0.3 is 14.6 Å². The quantitative estimate of drug-likeness (QED) is 0.674. The molecule has 0 atom stereocenters. The van der Waals surface area contributed by atoms with Crippen LogP contribution in [-0.2, 0) is 22.7 Å². The van der Waals surface area contributed by atoms with Gasteiger partial charge in [0, 0.05) is 24.5 Å². The third kappa shape index (κ3) is 3.51. The number of hydrogen-bond acceptors (Lipinski definition) is 5. The summed E-state index contributed by atoms with van der Waals surface area (Å²) in [6.07, 6.45) is 1.86. The van der Waals surface area contributed by atoms with Gasteiger partial charge in [0.2, 0.25) is 17.4 Å². The van der Waals surface area contributed by atoms with Crippen LogP contribution in [0.2, 0.25) is 0 Å². The van der Waals surface area contributed by atoms with Crippen molar-refractivity contribution in [3.63, 3.8) is 0 Å². The summed E-state index contributed by atoms with van der Waals surface area (Å²) < 4.78 is 7.83. The first-order valence-corrected chi connectivity index (χ1v) is 10.1. The molecule has 1 fully saturated rings. The highest BCUT2D eigenvalue weighted by Gasteiger charge is 2.25. The van der Waals surface area contributed by atoms with E-state index in [1.54, 1.807) is 43.0 Å². The maximum atomic E-state index is 13.3. The van der Waals surface area contributed by atoms with Gasteiger partial charge in [-0.15, -0.1) is 0 Å². The van der Waals surface area contributed by atoms with E-state index in [4.69, 9.17) is 4.42 Å². The molecule has 158 valence electrons. The van der Waals surface area contributed by atoms with Gasteiger partial charge in [0.25, 0.3) is 5.56 Å². The first kappa shape index (κ1) is 19.9. The van der Waals surface area contributed by atoms with Crippen LogP contribution < -0.4 is 16.6 Å². The maximum absolute atomic E-state index is 13.3. The predicted molar refractivity (Wildman–Crippen MR) is 111 cm³/mol. The number of nitrogens with one attached hydrogen (secondary N) is 1. The zero-order chi connectivity index (χ0) is 21.4. The Morgan fingerprint density at radius 2 is 1.77 bits per heavy atom. The highest BCUT2D eigenvalue weighted by atomic mass is 16.3. The molecule has 4 rings (SSSR count). The summed E-state index contributed by atoms with van der Waals surface area (Å²) in [6.45, 7) is 4.22. The molecule has 1 saturated heterocycles. The first-order valence-electron chi connectivity index (χ1n) is 10.1. The smallest absolute Gasteiger partial charge is 0.332 e. The van der Waals surface area contributed by atoms with Crippen molar-refractivity contribution in [1.82, 2.24) is 19.4 Å². The molecule has 9 nitrogen and oxygen atoms in total. The average molecular weight is 412 g/mol. The van der Waals surface area contributed by atoms with Gasteiger partial charge in [-0.3, -0.25) is 19.0 Å². The van der Waals surface area contributed by atoms with Crippen molar-refractivity contribution in [3.05, 3.63) is 45.1 Å². The Balaban J connectivity index is 1.89. The number of nitrogens with zero attached hydrogens (tertiary/aromatic N) is 3. The summed E-state index contributed by atoms with van der Waals surface area (Å²) in [5.41, 5.74) is -0.702. The zero-order valence-electron chi connectivity index (χ0n) is 17.0. The monoisotopic (exact) mass is 412 g/mol. The Hall–Kier alpha value is -3.36. The summed E-state index contributed by atoms with van der Waals surface area (Å²) in [7, 11) is 0. The molecule has 1 aliphatic rings. The van der Waals surface area contributed by atoms with Crippen LogP contribution in [-0.4, -0.2) is 45.0 Å². The predicted octanol–water partition coefficient (Wildman–Crippen LogP) is 1.06. The van der Waals surface area contributed by atoms with Gasteiger partial charge in [0.1, 0.15) is 24.2 Å². The van der Waals surface area contributed by atoms with Gasteiger partial charge in [-0.1, -0.05) is 12.1 Å². The molecule has 2 amide bonds. The molecule has 3 heterocycles. The Morgan fingerprint density at radius 3 is 2.47 bits per heavy atom. The minimum absolute atomic E-state index is 0.0395. The van der Waals surface area contributed by atoms with Crippen molar-refractivity contribution in [2.75, 3.05) is 13.1 Å². The number of carbonyl (C=O) groups is 2. The summed E-state index contributed by atoms with van der Waals surface area (Å²) in [5.74, 6) is -0.657. The fraction of sp³-hybridized carbons (Fsp3) is 0.429. The molecule has 30 heavy (non-hydrogen) atoms. The van der Waals surface area contributed by atoms with Crippen LogP contribution in [0.25, 0.3) is 22.1 Å². The van der Waals surface area contributed by atoms with E-state index >= 15 is 0 Å². The van der Waals surface area contributed by atoms with Crippen molar-refractivity contribution in [2.24, 2.45) is 0 Å². The first-order chi connectivity index (χ1) is 14.4. The molecule has 0 spiro atoms. The number of para-hydroxylation sites is 1. The molecule has 3 aromatic rings. The fourth-order valence-electron chi connectivity index (χ4n) is 3.89. The zero-order valence-corrected chi connectivity index (χ0v) is 17.0. The van der Waals surface area contributed by atoms with Crippen molar-refractivity contribution >= 4 is 33.9 Å². The van der Waals surface area contributed by atoms with E-state index < -0.39 is 23.7 Å². The molecule has 2 aromatic heterocycles. The number of furan rings is 1. The van der Waals surface area contributed by atoms with E-state index in [1.807, 2.05) is 0 Å². The Kier molecular flexibility index (Phi) is 5.19. The highest BCUT2D eigenvalue weighted by Crippen LogP contribution is 2.25. The van der Waals surface area contributed by atoms with Crippen LogP contribution in [0.4, 0.5) is 0 Å². The summed E-state index contributed by atoms with van der Waals surface area (Å²) in [5, 5.41) is 3.25. The van der Waals surface area contributed by atoms with Gasteiger partial charge in [-0.2, -0.15) is 0 Å². The van der Waals surface area contributed by atoms with Gasteiger partial charge in [-0.25, -0.2) is 9.36 Å². The Labute approximate surface area is 171 Å². The second kappa shape index (κ2) is 7.81. The lowest BCUT2D eigenvalue weighted by Crippen LogP contribution is -2.46. The third-order valence-corrected chi connectivity index (χ3v) is 5.24. The van der Waals surface area contributed by atoms with E-state index in [2.05, 4.69) is 5.32 Å². The number of hydrogen-bond donors (Lipinski definition) is 1. The Bertz CT molecular complexity index is 1240. The second-order valence-corrected chi connectivity index (χ2v) is 7.85. The molecule has 1 aliphatic heterocycles. The van der Waals surface area contributed by atoms with Gasteiger partial charge >= 0.3 is 5.69 Å². The van der Waals surface area contributed by atoms with E-state index in [9.17, 15) is 19.2 Å². The molecule has 9 heteroatoms. The summed E-state index contributed by atoms with van der Waals surface area (Å²) in [6, 6.07) is 6.84. The normalized spacial score (nSPS) is 14.2. The van der Waals surface area contributed by atoms with Crippen LogP contribution in [0.5, 0.6) is 0 Å². The van der Waals surface area contributed by atoms with Crippen molar-refractivity contribution in [1.29, 1.82) is 0 Å². The number of fused-ring (bicyclic) bond motifs is 3. The molecule has 0 aliphatic carbocycles. The van der Waals surface area contributed by atoms with Crippen LogP contribution in [0, 0.1) is 0 Å². The molecule has 0 unspecified atom stereocenters. The average Bonchev–Trinajstić information content (AvgIpc) is 3.36. The summed E-state index contributed by atoms with van der Waals surface area (Å²) in [4.78, 5) is 53.0. The number of carbonyl (C=O) groups excluding carboxylic acids is 2. The van der Waals surface area contributed by atoms with Crippen LogP contribution in [0.1, 0.15) is 26.7 Å². The maximum Gasteiger partial charge on any atom is 0.332 e. The van der Waals surface area contributed by atoms with Crippen molar-refractivity contribution < 1.29 is 14.0 Å². The number of likely N-dealkylation sites (tertiary alicyclic amines) is 1. The minimum Gasteiger partial charge on any atom is -0.449 e. The summed E-state index contributed by atoms with van der Waals surface area (Å²) >= 11 is 0. The van der Waals surface area contributed by atoms with E-state index in [0.29, 0.717) is 24.1 Å². The SMILES string of the molecule is CC(C)NC(=O)Cn1c(=O)c2oc3ccccc3c2n(CC(=O)N2CCCC2)c1=O. The standard InChI is InChI=1S/C21H24N4O5/c1-13(2)22-16(26)11-25-20(28)19-18(14-7-3-4-8-15(14)30-19)24(21(25)29)12-17(27)23-9-5-6-10-23/h3-4,7-8,13H,5-6,9-12H2,1-2H3,(H,22,26).